The molecule has 0 aromatic heterocycles. The average Bonchev–Trinajstić information content (AvgIpc) is 3.01. The van der Waals surface area contributed by atoms with E-state index >= 15 is 0 Å². The lowest BCUT2D eigenvalue weighted by molar-refractivity contribution is -0.146. The number of rotatable bonds is 26. The molecule has 0 aliphatic carbocycles. The van der Waals surface area contributed by atoms with Crippen LogP contribution in [0.15, 0.2) is 29.2 Å². The number of hydrogen-bond acceptors (Lipinski definition) is 9. The molecule has 0 saturated carbocycles. The number of amides is 1. The summed E-state index contributed by atoms with van der Waals surface area (Å²) in [5, 5.41) is 11.8. The van der Waals surface area contributed by atoms with Gasteiger partial charge in [-0.1, -0.05) is 102 Å². The molecular formula is C32H54N2O8S2. The highest BCUT2D eigenvalue weighted by atomic mass is 32.2. The zero-order chi connectivity index (χ0) is 32.6. The Balaban J connectivity index is 2.37. The number of ether oxygens (including phenoxy) is 2. The highest BCUT2D eigenvalue weighted by Gasteiger charge is 2.29. The molecular weight excluding hydrogens is 604 g/mol. The minimum Gasteiger partial charge on any atom is -0.467 e. The highest BCUT2D eigenvalue weighted by molar-refractivity contribution is 7.99. The predicted molar refractivity (Wildman–Crippen MR) is 175 cm³/mol. The van der Waals surface area contributed by atoms with Gasteiger partial charge in [0, 0.05) is 17.9 Å². The summed E-state index contributed by atoms with van der Waals surface area (Å²) in [5.41, 5.74) is 0.876. The van der Waals surface area contributed by atoms with Crippen molar-refractivity contribution in [3.8, 4) is 0 Å². The van der Waals surface area contributed by atoms with Crippen molar-refractivity contribution in [1.82, 2.24) is 10.0 Å². The van der Waals surface area contributed by atoms with Crippen molar-refractivity contribution in [1.29, 1.82) is 0 Å². The van der Waals surface area contributed by atoms with Gasteiger partial charge in [-0.15, -0.1) is 0 Å². The van der Waals surface area contributed by atoms with Crippen molar-refractivity contribution < 1.29 is 37.4 Å². The van der Waals surface area contributed by atoms with Crippen LogP contribution >= 0.6 is 11.8 Å². The van der Waals surface area contributed by atoms with Gasteiger partial charge in [-0.2, -0.15) is 16.5 Å². The number of methoxy groups -OCH3 is 1. The molecule has 0 saturated heterocycles. The Bertz CT molecular complexity index is 1050. The van der Waals surface area contributed by atoms with Crippen LogP contribution in [-0.4, -0.2) is 75.3 Å². The number of sulfonamides is 1. The molecule has 252 valence electrons. The number of thioether (sulfide) groups is 1. The molecule has 1 aromatic rings. The summed E-state index contributed by atoms with van der Waals surface area (Å²) in [4.78, 5) is 36.8. The minimum atomic E-state index is -4.06. The number of aryl methyl sites for hydroxylation is 1. The lowest BCUT2D eigenvalue weighted by Gasteiger charge is -2.21. The molecule has 44 heavy (non-hydrogen) atoms. The summed E-state index contributed by atoms with van der Waals surface area (Å²) in [6, 6.07) is 3.55. The lowest BCUT2D eigenvalue weighted by atomic mass is 10.0. The van der Waals surface area contributed by atoms with E-state index in [0.717, 1.165) is 31.9 Å². The molecule has 1 rings (SSSR count). The van der Waals surface area contributed by atoms with Gasteiger partial charge in [0.15, 0.2) is 6.04 Å². The highest BCUT2D eigenvalue weighted by Crippen LogP contribution is 2.15. The van der Waals surface area contributed by atoms with E-state index in [1.54, 1.807) is 12.1 Å². The first-order chi connectivity index (χ1) is 21.1. The van der Waals surface area contributed by atoms with Crippen LogP contribution in [0, 0.1) is 6.92 Å². The van der Waals surface area contributed by atoms with Crippen LogP contribution in [0.3, 0.4) is 0 Å². The second-order valence-electron chi connectivity index (χ2n) is 11.0. The van der Waals surface area contributed by atoms with Gasteiger partial charge in [0.25, 0.3) is 0 Å². The number of aliphatic hydroxyl groups excluding tert-OH is 1. The van der Waals surface area contributed by atoms with E-state index in [0.29, 0.717) is 12.2 Å². The summed E-state index contributed by atoms with van der Waals surface area (Å²) in [6.07, 6.45) is 16.4. The Kier molecular flexibility index (Phi) is 21.9. The molecule has 10 nitrogen and oxygen atoms in total. The fourth-order valence-corrected chi connectivity index (χ4v) is 6.64. The van der Waals surface area contributed by atoms with Crippen molar-refractivity contribution in [2.75, 3.05) is 31.8 Å². The third-order valence-corrected chi connectivity index (χ3v) is 9.70. The van der Waals surface area contributed by atoms with E-state index in [9.17, 15) is 27.9 Å². The third kappa shape index (κ3) is 18.0. The zero-order valence-electron chi connectivity index (χ0n) is 26.8. The van der Waals surface area contributed by atoms with Crippen LogP contribution < -0.4 is 10.0 Å². The second kappa shape index (κ2) is 24.1. The average molecular weight is 659 g/mol. The Labute approximate surface area is 268 Å². The molecule has 0 aliphatic rings. The topological polar surface area (TPSA) is 148 Å². The van der Waals surface area contributed by atoms with Crippen LogP contribution in [-0.2, 0) is 33.9 Å². The Morgan fingerprint density at radius 3 is 1.93 bits per heavy atom. The third-order valence-electron chi connectivity index (χ3n) is 7.19. The Hall–Kier alpha value is -2.15. The number of hydrogen-bond donors (Lipinski definition) is 3. The fraction of sp³-hybridized carbons (Fsp3) is 0.719. The zero-order valence-corrected chi connectivity index (χ0v) is 28.4. The van der Waals surface area contributed by atoms with Crippen molar-refractivity contribution in [2.24, 2.45) is 0 Å². The normalized spacial score (nSPS) is 12.8. The number of carbonyl (C=O) groups excluding carboxylic acids is 3. The molecule has 2 atom stereocenters. The van der Waals surface area contributed by atoms with Crippen LogP contribution in [0.1, 0.15) is 102 Å². The molecule has 12 heteroatoms. The summed E-state index contributed by atoms with van der Waals surface area (Å²) < 4.78 is 38.1. The van der Waals surface area contributed by atoms with Crippen LogP contribution in [0.25, 0.3) is 0 Å². The smallest absolute Gasteiger partial charge is 0.330 e. The molecule has 0 heterocycles. The van der Waals surface area contributed by atoms with E-state index in [1.165, 1.54) is 88.1 Å². The van der Waals surface area contributed by atoms with Gasteiger partial charge < -0.3 is 19.9 Å². The number of esters is 2. The molecule has 0 spiro atoms. The minimum absolute atomic E-state index is 0.00660. The molecule has 0 bridgehead atoms. The first-order valence-electron chi connectivity index (χ1n) is 16.0. The van der Waals surface area contributed by atoms with E-state index < -0.39 is 40.6 Å². The molecule has 3 N–H and O–H groups in total. The predicted octanol–water partition coefficient (Wildman–Crippen LogP) is 5.05. The Morgan fingerprint density at radius 2 is 1.41 bits per heavy atom. The van der Waals surface area contributed by atoms with Crippen LogP contribution in [0.4, 0.5) is 0 Å². The first kappa shape index (κ1) is 39.9. The van der Waals surface area contributed by atoms with Gasteiger partial charge in [0.05, 0.1) is 18.6 Å². The van der Waals surface area contributed by atoms with Gasteiger partial charge in [-0.05, 0) is 25.5 Å². The quantitative estimate of drug-likeness (QED) is 0.0919. The molecule has 1 aromatic carbocycles. The van der Waals surface area contributed by atoms with E-state index in [2.05, 4.69) is 21.7 Å². The van der Waals surface area contributed by atoms with Crippen molar-refractivity contribution in [3.05, 3.63) is 29.8 Å². The first-order valence-corrected chi connectivity index (χ1v) is 18.6. The van der Waals surface area contributed by atoms with Gasteiger partial charge in [0.1, 0.15) is 12.6 Å². The van der Waals surface area contributed by atoms with Crippen molar-refractivity contribution in [2.45, 2.75) is 121 Å². The SMILES string of the molecule is CCCCCCCCCCCCCCCC(=O)OCCSC[C@@H](NS(=O)(=O)c1ccc(C)cc1)C(=O)N[C@@H](CO)C(=O)OC. The molecule has 0 radical (unpaired) electrons. The maximum atomic E-state index is 12.9. The summed E-state index contributed by atoms with van der Waals surface area (Å²) in [6.45, 7) is 3.48. The number of aliphatic hydroxyl groups is 1. The van der Waals surface area contributed by atoms with E-state index in [1.807, 2.05) is 6.92 Å². The van der Waals surface area contributed by atoms with Gasteiger partial charge in [-0.3, -0.25) is 9.59 Å². The van der Waals surface area contributed by atoms with Gasteiger partial charge in [-0.25, -0.2) is 13.2 Å². The number of unbranched alkanes of at least 4 members (excludes halogenated alkanes) is 12. The summed E-state index contributed by atoms with van der Waals surface area (Å²) >= 11 is 1.22. The standard InChI is InChI=1S/C32H54N2O8S2/c1-4-5-6-7-8-9-10-11-12-13-14-15-16-17-30(36)42-22-23-43-25-29(31(37)33-28(24-35)32(38)41-3)34-44(39,40)27-20-18-26(2)19-21-27/h18-21,28-29,34-35H,4-17,22-25H2,1-3H3,(H,33,37)/t28-,29+/m0/s1. The molecule has 0 fully saturated rings. The van der Waals surface area contributed by atoms with Crippen LogP contribution in [0.2, 0.25) is 0 Å². The Morgan fingerprint density at radius 1 is 0.864 bits per heavy atom. The maximum absolute atomic E-state index is 12.9. The number of nitrogens with one attached hydrogen (secondary N) is 2. The summed E-state index contributed by atoms with van der Waals surface area (Å²) in [5.74, 6) is -1.57. The number of carbonyl (C=O) groups is 3. The van der Waals surface area contributed by atoms with Crippen LogP contribution in [0.5, 0.6) is 0 Å². The van der Waals surface area contributed by atoms with Gasteiger partial charge in [0.2, 0.25) is 15.9 Å². The molecule has 0 unspecified atom stereocenters. The summed E-state index contributed by atoms with van der Waals surface area (Å²) in [7, 11) is -2.95. The van der Waals surface area contributed by atoms with E-state index in [4.69, 9.17) is 4.74 Å². The monoisotopic (exact) mass is 658 g/mol. The lowest BCUT2D eigenvalue weighted by Crippen LogP contribution is -2.53. The fourth-order valence-electron chi connectivity index (χ4n) is 4.50. The second-order valence-corrected chi connectivity index (χ2v) is 13.9. The number of benzene rings is 1. The molecule has 0 aliphatic heterocycles. The van der Waals surface area contributed by atoms with E-state index in [-0.39, 0.29) is 23.2 Å². The molecule has 1 amide bonds. The largest absolute Gasteiger partial charge is 0.467 e. The van der Waals surface area contributed by atoms with Gasteiger partial charge >= 0.3 is 11.9 Å². The van der Waals surface area contributed by atoms with Crippen molar-refractivity contribution >= 4 is 39.6 Å². The maximum Gasteiger partial charge on any atom is 0.330 e. The van der Waals surface area contributed by atoms with Crippen molar-refractivity contribution in [3.63, 3.8) is 0 Å².